The topological polar surface area (TPSA) is 35.5 Å². The van der Waals surface area contributed by atoms with Crippen LogP contribution in [0.4, 0.5) is 4.39 Å². The van der Waals surface area contributed by atoms with Crippen LogP contribution in [0, 0.1) is 18.2 Å². The predicted molar refractivity (Wildman–Crippen MR) is 131 cm³/mol. The third-order valence-electron chi connectivity index (χ3n) is 6.46. The van der Waals surface area contributed by atoms with Gasteiger partial charge in [0, 0.05) is 0 Å². The van der Waals surface area contributed by atoms with Gasteiger partial charge >= 0.3 is 5.97 Å². The first kappa shape index (κ1) is 25.3. The molecule has 179 valence electrons. The summed E-state index contributed by atoms with van der Waals surface area (Å²) in [4.78, 5) is 12.4. The third-order valence-corrected chi connectivity index (χ3v) is 6.46. The molecule has 1 saturated carbocycles. The molecule has 0 atom stereocenters. The number of unbranched alkanes of at least 4 members (excludes halogenated alkanes) is 5. The molecule has 0 saturated heterocycles. The van der Waals surface area contributed by atoms with Crippen LogP contribution in [0.25, 0.3) is 0 Å². The van der Waals surface area contributed by atoms with E-state index in [9.17, 15) is 9.18 Å². The quantitative estimate of drug-likeness (QED) is 0.174. The van der Waals surface area contributed by atoms with Gasteiger partial charge in [-0.15, -0.1) is 0 Å². The Morgan fingerprint density at radius 2 is 1.70 bits per heavy atom. The molecule has 1 radical (unpaired) electrons. The standard InChI is InChI=1S/C29H38FO3/c1-2-3-4-5-6-10-21-32-28-20-17-25(22-27(28)30)29(31)33-26-18-15-24(16-19-26)14-13-23-11-8-7-9-12-23/h7,15-20,22-23H,2-6,8-14,21H2,1H3. The second-order valence-electron chi connectivity index (χ2n) is 9.14. The van der Waals surface area contributed by atoms with Crippen LogP contribution in [0.5, 0.6) is 11.5 Å². The molecule has 1 fully saturated rings. The lowest BCUT2D eigenvalue weighted by atomic mass is 9.85. The summed E-state index contributed by atoms with van der Waals surface area (Å²) in [7, 11) is 0. The number of halogens is 1. The molecule has 4 heteroatoms. The van der Waals surface area contributed by atoms with Gasteiger partial charge in [-0.05, 0) is 80.3 Å². The summed E-state index contributed by atoms with van der Waals surface area (Å²) in [6, 6.07) is 11.9. The van der Waals surface area contributed by atoms with Gasteiger partial charge in [-0.2, -0.15) is 0 Å². The Hall–Kier alpha value is -2.36. The number of carbonyl (C=O) groups excluding carboxylic acids is 1. The van der Waals surface area contributed by atoms with E-state index in [1.807, 2.05) is 24.3 Å². The molecular formula is C29H38FO3. The first-order valence-corrected chi connectivity index (χ1v) is 12.7. The van der Waals surface area contributed by atoms with Gasteiger partial charge in [0.05, 0.1) is 12.2 Å². The number of aryl methyl sites for hydroxylation is 1. The largest absolute Gasteiger partial charge is 0.491 e. The SMILES string of the molecule is CCCCCCCCOc1ccc(C(=O)Oc2ccc(CCC3CC[CH]CC3)cc2)cc1F. The normalized spacial score (nSPS) is 14.2. The van der Waals surface area contributed by atoms with Crippen LogP contribution in [-0.4, -0.2) is 12.6 Å². The highest BCUT2D eigenvalue weighted by Gasteiger charge is 2.15. The van der Waals surface area contributed by atoms with Crippen molar-refractivity contribution in [2.45, 2.75) is 84.0 Å². The molecule has 0 amide bonds. The molecular weight excluding hydrogens is 415 g/mol. The first-order chi connectivity index (χ1) is 16.2. The zero-order chi connectivity index (χ0) is 23.3. The first-order valence-electron chi connectivity index (χ1n) is 12.7. The molecule has 2 aromatic carbocycles. The minimum atomic E-state index is -0.567. The molecule has 1 aliphatic carbocycles. The fourth-order valence-corrected chi connectivity index (χ4v) is 4.35. The van der Waals surface area contributed by atoms with E-state index < -0.39 is 11.8 Å². The maximum absolute atomic E-state index is 14.4. The minimum Gasteiger partial charge on any atom is -0.491 e. The monoisotopic (exact) mass is 453 g/mol. The number of rotatable bonds is 13. The summed E-state index contributed by atoms with van der Waals surface area (Å²) in [5.41, 5.74) is 1.43. The highest BCUT2D eigenvalue weighted by Crippen LogP contribution is 2.27. The fraction of sp³-hybridized carbons (Fsp3) is 0.517. The molecule has 33 heavy (non-hydrogen) atoms. The van der Waals surface area contributed by atoms with Crippen LogP contribution < -0.4 is 9.47 Å². The molecule has 0 spiro atoms. The second-order valence-corrected chi connectivity index (χ2v) is 9.14. The van der Waals surface area contributed by atoms with Gasteiger partial charge in [-0.3, -0.25) is 0 Å². The van der Waals surface area contributed by atoms with Crippen LogP contribution in [0.3, 0.4) is 0 Å². The van der Waals surface area contributed by atoms with Crippen molar-refractivity contribution in [3.63, 3.8) is 0 Å². The maximum Gasteiger partial charge on any atom is 0.343 e. The third kappa shape index (κ3) is 8.83. The predicted octanol–water partition coefficient (Wildman–Crippen LogP) is 8.11. The second kappa shape index (κ2) is 14.0. The Labute approximate surface area is 198 Å². The molecule has 3 nitrogen and oxygen atoms in total. The molecule has 1 aliphatic rings. The van der Waals surface area contributed by atoms with E-state index in [0.29, 0.717) is 12.4 Å². The van der Waals surface area contributed by atoms with E-state index in [0.717, 1.165) is 25.2 Å². The number of hydrogen-bond acceptors (Lipinski definition) is 3. The number of ether oxygens (including phenoxy) is 2. The Morgan fingerprint density at radius 1 is 0.970 bits per heavy atom. The molecule has 0 N–H and O–H groups in total. The van der Waals surface area contributed by atoms with E-state index in [4.69, 9.17) is 9.47 Å². The lowest BCUT2D eigenvalue weighted by Gasteiger charge is -2.21. The van der Waals surface area contributed by atoms with Gasteiger partial charge in [-0.1, -0.05) is 64.0 Å². The van der Waals surface area contributed by atoms with Crippen molar-refractivity contribution in [3.8, 4) is 11.5 Å². The van der Waals surface area contributed by atoms with Gasteiger partial charge in [0.2, 0.25) is 0 Å². The van der Waals surface area contributed by atoms with Crippen molar-refractivity contribution in [2.24, 2.45) is 5.92 Å². The molecule has 0 aliphatic heterocycles. The van der Waals surface area contributed by atoms with Crippen LogP contribution in [0.1, 0.15) is 93.5 Å². The van der Waals surface area contributed by atoms with E-state index in [-0.39, 0.29) is 11.3 Å². The fourth-order valence-electron chi connectivity index (χ4n) is 4.35. The molecule has 0 bridgehead atoms. The van der Waals surface area contributed by atoms with Crippen LogP contribution in [0.2, 0.25) is 0 Å². The van der Waals surface area contributed by atoms with Crippen molar-refractivity contribution in [2.75, 3.05) is 6.61 Å². The molecule has 3 rings (SSSR count). The number of carbonyl (C=O) groups is 1. The van der Waals surface area contributed by atoms with Gasteiger partial charge in [0.1, 0.15) is 5.75 Å². The van der Waals surface area contributed by atoms with E-state index >= 15 is 0 Å². The molecule has 2 aromatic rings. The zero-order valence-corrected chi connectivity index (χ0v) is 20.0. The van der Waals surface area contributed by atoms with Crippen LogP contribution >= 0.6 is 0 Å². The lowest BCUT2D eigenvalue weighted by Crippen LogP contribution is -2.10. The summed E-state index contributed by atoms with van der Waals surface area (Å²) in [6.45, 7) is 2.68. The number of esters is 1. The average molecular weight is 454 g/mol. The summed E-state index contributed by atoms with van der Waals surface area (Å²) < 4.78 is 25.4. The lowest BCUT2D eigenvalue weighted by molar-refractivity contribution is 0.0734. The summed E-state index contributed by atoms with van der Waals surface area (Å²) in [5, 5.41) is 0. The number of hydrogen-bond donors (Lipinski definition) is 0. The number of benzene rings is 2. The Kier molecular flexibility index (Phi) is 10.7. The maximum atomic E-state index is 14.4. The smallest absolute Gasteiger partial charge is 0.343 e. The van der Waals surface area contributed by atoms with Gasteiger partial charge in [-0.25, -0.2) is 9.18 Å². The minimum absolute atomic E-state index is 0.178. The van der Waals surface area contributed by atoms with Gasteiger partial charge in [0.15, 0.2) is 11.6 Å². The van der Waals surface area contributed by atoms with Gasteiger partial charge < -0.3 is 9.47 Å². The highest BCUT2D eigenvalue weighted by molar-refractivity contribution is 5.91. The Bertz CT molecular complexity index is 840. The van der Waals surface area contributed by atoms with Crippen molar-refractivity contribution < 1.29 is 18.7 Å². The van der Waals surface area contributed by atoms with E-state index in [1.165, 1.54) is 75.5 Å². The van der Waals surface area contributed by atoms with Crippen molar-refractivity contribution in [1.82, 2.24) is 0 Å². The zero-order valence-electron chi connectivity index (χ0n) is 20.0. The van der Waals surface area contributed by atoms with Crippen LogP contribution in [-0.2, 0) is 6.42 Å². The average Bonchev–Trinajstić information content (AvgIpc) is 2.84. The summed E-state index contributed by atoms with van der Waals surface area (Å²) >= 11 is 0. The highest BCUT2D eigenvalue weighted by atomic mass is 19.1. The Balaban J connectivity index is 1.42. The van der Waals surface area contributed by atoms with E-state index in [1.54, 1.807) is 6.07 Å². The van der Waals surface area contributed by atoms with Crippen molar-refractivity contribution in [3.05, 3.63) is 65.8 Å². The van der Waals surface area contributed by atoms with Gasteiger partial charge in [0.25, 0.3) is 0 Å². The molecule has 0 heterocycles. The summed E-state index contributed by atoms with van der Waals surface area (Å²) in [6.07, 6.45) is 16.6. The van der Waals surface area contributed by atoms with Crippen molar-refractivity contribution in [1.29, 1.82) is 0 Å². The summed E-state index contributed by atoms with van der Waals surface area (Å²) in [5.74, 6) is 0.369. The van der Waals surface area contributed by atoms with E-state index in [2.05, 4.69) is 13.3 Å². The molecule has 0 aromatic heterocycles. The van der Waals surface area contributed by atoms with Crippen LogP contribution in [0.15, 0.2) is 42.5 Å². The van der Waals surface area contributed by atoms with Crippen molar-refractivity contribution >= 4 is 5.97 Å². The molecule has 0 unspecified atom stereocenters. The Morgan fingerprint density at radius 3 is 2.42 bits per heavy atom.